The molecule has 6 nitrogen and oxygen atoms in total. The first-order valence-electron chi connectivity index (χ1n) is 7.58. The van der Waals surface area contributed by atoms with E-state index >= 15 is 0 Å². The summed E-state index contributed by atoms with van der Waals surface area (Å²) in [6.07, 6.45) is 4.19. The molecule has 0 fully saturated rings. The van der Waals surface area contributed by atoms with Crippen molar-refractivity contribution < 1.29 is 13.2 Å². The van der Waals surface area contributed by atoms with Gasteiger partial charge in [-0.05, 0) is 23.1 Å². The summed E-state index contributed by atoms with van der Waals surface area (Å²) in [7, 11) is -3.45. The van der Waals surface area contributed by atoms with Crippen molar-refractivity contribution in [3.05, 3.63) is 54.1 Å². The van der Waals surface area contributed by atoms with Crippen molar-refractivity contribution >= 4 is 15.7 Å². The van der Waals surface area contributed by atoms with Crippen molar-refractivity contribution in [1.29, 1.82) is 0 Å². The summed E-state index contributed by atoms with van der Waals surface area (Å²) in [5.74, 6) is -0.616. The molecule has 2 rings (SSSR count). The maximum atomic E-state index is 12.3. The summed E-state index contributed by atoms with van der Waals surface area (Å²) >= 11 is 0. The normalized spacial score (nSPS) is 12.0. The maximum Gasteiger partial charge on any atom is 0.271 e. The number of amides is 1. The molecule has 0 spiro atoms. The number of rotatable bonds is 5. The van der Waals surface area contributed by atoms with Crippen LogP contribution in [-0.2, 0) is 15.3 Å². The first-order valence-corrected chi connectivity index (χ1v) is 9.23. The zero-order valence-corrected chi connectivity index (χ0v) is 14.8. The topological polar surface area (TPSA) is 89.0 Å². The van der Waals surface area contributed by atoms with Crippen LogP contribution in [0.3, 0.4) is 0 Å². The van der Waals surface area contributed by atoms with Crippen LogP contribution in [0.4, 0.5) is 0 Å². The number of hydrogen-bond acceptors (Lipinski definition) is 5. The minimum absolute atomic E-state index is 0.0127. The number of aromatic nitrogens is 2. The minimum Gasteiger partial charge on any atom is -0.350 e. The van der Waals surface area contributed by atoms with Crippen LogP contribution >= 0.6 is 0 Å². The van der Waals surface area contributed by atoms with Crippen LogP contribution in [0.15, 0.2) is 47.8 Å². The van der Waals surface area contributed by atoms with Crippen molar-refractivity contribution in [2.45, 2.75) is 31.1 Å². The van der Waals surface area contributed by atoms with Gasteiger partial charge < -0.3 is 5.32 Å². The van der Waals surface area contributed by atoms with Gasteiger partial charge in [-0.3, -0.25) is 9.78 Å². The molecular formula is C17H21N3O3S. The maximum absolute atomic E-state index is 12.3. The van der Waals surface area contributed by atoms with E-state index in [4.69, 9.17) is 0 Å². The second-order valence-electron chi connectivity index (χ2n) is 6.44. The van der Waals surface area contributed by atoms with E-state index in [0.29, 0.717) is 0 Å². The molecule has 0 radical (unpaired) electrons. The number of nitrogens with zero attached hydrogens (tertiary/aromatic N) is 2. The van der Waals surface area contributed by atoms with Crippen molar-refractivity contribution in [2.75, 3.05) is 12.3 Å². The minimum atomic E-state index is -3.45. The van der Waals surface area contributed by atoms with Crippen molar-refractivity contribution in [3.63, 3.8) is 0 Å². The summed E-state index contributed by atoms with van der Waals surface area (Å²) in [4.78, 5) is 19.7. The lowest BCUT2D eigenvalue weighted by atomic mass is 9.87. The number of carbonyl (C=O) groups is 1. The van der Waals surface area contributed by atoms with E-state index in [1.165, 1.54) is 18.6 Å². The molecule has 2 aromatic rings. The van der Waals surface area contributed by atoms with Crippen LogP contribution in [0, 0.1) is 0 Å². The Morgan fingerprint density at radius 2 is 1.79 bits per heavy atom. The van der Waals surface area contributed by atoms with Gasteiger partial charge in [-0.2, -0.15) is 0 Å². The molecule has 1 aromatic heterocycles. The predicted octanol–water partition coefficient (Wildman–Crippen LogP) is 1.98. The average Bonchev–Trinajstić information content (AvgIpc) is 2.55. The number of carbonyl (C=O) groups excluding carboxylic acids is 1. The van der Waals surface area contributed by atoms with Gasteiger partial charge in [-0.15, -0.1) is 0 Å². The average molecular weight is 347 g/mol. The van der Waals surface area contributed by atoms with Crippen molar-refractivity contribution in [2.24, 2.45) is 0 Å². The van der Waals surface area contributed by atoms with E-state index < -0.39 is 15.7 Å². The molecule has 0 aliphatic carbocycles. The van der Waals surface area contributed by atoms with Crippen LogP contribution < -0.4 is 5.32 Å². The van der Waals surface area contributed by atoms with Crippen molar-refractivity contribution in [1.82, 2.24) is 15.3 Å². The van der Waals surface area contributed by atoms with E-state index in [2.05, 4.69) is 36.1 Å². The van der Waals surface area contributed by atoms with Gasteiger partial charge >= 0.3 is 0 Å². The zero-order valence-electron chi connectivity index (χ0n) is 14.0. The molecule has 1 aromatic carbocycles. The van der Waals surface area contributed by atoms with Gasteiger partial charge in [0.05, 0.1) is 16.8 Å². The van der Waals surface area contributed by atoms with Crippen molar-refractivity contribution in [3.8, 4) is 0 Å². The number of benzene rings is 1. The van der Waals surface area contributed by atoms with Crippen LogP contribution in [0.25, 0.3) is 0 Å². The number of nitrogens with one attached hydrogen (secondary N) is 1. The second kappa shape index (κ2) is 7.09. The van der Waals surface area contributed by atoms with Gasteiger partial charge in [0.25, 0.3) is 5.91 Å². The lowest BCUT2D eigenvalue weighted by Gasteiger charge is -2.19. The Labute approximate surface area is 142 Å². The van der Waals surface area contributed by atoms with E-state index in [1.54, 1.807) is 12.1 Å². The number of hydrogen-bond donors (Lipinski definition) is 1. The highest BCUT2D eigenvalue weighted by Gasteiger charge is 2.18. The zero-order chi connectivity index (χ0) is 17.8. The lowest BCUT2D eigenvalue weighted by molar-refractivity contribution is 0.0950. The molecule has 0 unspecified atom stereocenters. The molecule has 1 N–H and O–H groups in total. The second-order valence-corrected chi connectivity index (χ2v) is 8.55. The Kier molecular flexibility index (Phi) is 5.33. The highest BCUT2D eigenvalue weighted by Crippen LogP contribution is 2.23. The highest BCUT2D eigenvalue weighted by molar-refractivity contribution is 7.91. The third-order valence-electron chi connectivity index (χ3n) is 3.53. The predicted molar refractivity (Wildman–Crippen MR) is 91.6 cm³/mol. The van der Waals surface area contributed by atoms with Crippen LogP contribution in [0.2, 0.25) is 0 Å². The van der Waals surface area contributed by atoms with Crippen LogP contribution in [0.1, 0.15) is 36.8 Å². The Balaban J connectivity index is 1.98. The first-order chi connectivity index (χ1) is 11.2. The van der Waals surface area contributed by atoms with Crippen LogP contribution in [0.5, 0.6) is 0 Å². The SMILES string of the molecule is CC(C)(C)c1ccc(S(=O)(=O)CCNC(=O)c2cnccn2)cc1. The summed E-state index contributed by atoms with van der Waals surface area (Å²) in [6, 6.07) is 6.87. The first kappa shape index (κ1) is 18.1. The summed E-state index contributed by atoms with van der Waals surface area (Å²) in [5.41, 5.74) is 1.19. The Hall–Kier alpha value is -2.28. The molecule has 7 heteroatoms. The molecule has 0 saturated carbocycles. The monoisotopic (exact) mass is 347 g/mol. The third kappa shape index (κ3) is 4.61. The van der Waals surface area contributed by atoms with Gasteiger partial charge in [0, 0.05) is 18.9 Å². The molecule has 1 heterocycles. The molecule has 0 bridgehead atoms. The van der Waals surface area contributed by atoms with E-state index in [1.807, 2.05) is 12.1 Å². The summed E-state index contributed by atoms with van der Waals surface area (Å²) < 4.78 is 24.7. The highest BCUT2D eigenvalue weighted by atomic mass is 32.2. The fraction of sp³-hybridized carbons (Fsp3) is 0.353. The standard InChI is InChI=1S/C17H21N3O3S/c1-17(2,3)13-4-6-14(7-5-13)24(22,23)11-10-20-16(21)15-12-18-8-9-19-15/h4-9,12H,10-11H2,1-3H3,(H,20,21). The molecule has 0 saturated heterocycles. The largest absolute Gasteiger partial charge is 0.350 e. The lowest BCUT2D eigenvalue weighted by Crippen LogP contribution is -2.29. The van der Waals surface area contributed by atoms with Gasteiger partial charge in [-0.25, -0.2) is 13.4 Å². The molecule has 128 valence electrons. The third-order valence-corrected chi connectivity index (χ3v) is 5.26. The Morgan fingerprint density at radius 1 is 1.12 bits per heavy atom. The Bertz CT molecular complexity index is 795. The number of sulfone groups is 1. The molecular weight excluding hydrogens is 326 g/mol. The van der Waals surface area contributed by atoms with E-state index in [9.17, 15) is 13.2 Å². The van der Waals surface area contributed by atoms with E-state index in [-0.39, 0.29) is 28.3 Å². The molecule has 24 heavy (non-hydrogen) atoms. The fourth-order valence-corrected chi connectivity index (χ4v) is 3.24. The molecule has 1 amide bonds. The molecule has 0 atom stereocenters. The fourth-order valence-electron chi connectivity index (χ4n) is 2.09. The summed E-state index contributed by atoms with van der Waals surface area (Å²) in [6.45, 7) is 6.22. The Morgan fingerprint density at radius 3 is 2.33 bits per heavy atom. The molecule has 0 aliphatic rings. The quantitative estimate of drug-likeness (QED) is 0.893. The van der Waals surface area contributed by atoms with Crippen LogP contribution in [-0.4, -0.2) is 36.6 Å². The smallest absolute Gasteiger partial charge is 0.271 e. The van der Waals surface area contributed by atoms with Gasteiger partial charge in [0.2, 0.25) is 0 Å². The summed E-state index contributed by atoms with van der Waals surface area (Å²) in [5, 5.41) is 2.54. The van der Waals surface area contributed by atoms with Gasteiger partial charge in [0.1, 0.15) is 5.69 Å². The van der Waals surface area contributed by atoms with E-state index in [0.717, 1.165) is 5.56 Å². The van der Waals surface area contributed by atoms with Gasteiger partial charge in [-0.1, -0.05) is 32.9 Å². The van der Waals surface area contributed by atoms with Gasteiger partial charge in [0.15, 0.2) is 9.84 Å². The molecule has 0 aliphatic heterocycles.